The lowest BCUT2D eigenvalue weighted by atomic mass is 10.0. The summed E-state index contributed by atoms with van der Waals surface area (Å²) in [5, 5.41) is 20.5. The minimum Gasteiger partial charge on any atom is -0.507 e. The lowest BCUT2D eigenvalue weighted by Crippen LogP contribution is -2.03. The predicted octanol–water partition coefficient (Wildman–Crippen LogP) is 3.18. The molecule has 2 aromatic carbocycles. The molecule has 0 atom stereocenters. The number of aryl methyl sites for hydroxylation is 1. The molecule has 0 fully saturated rings. The van der Waals surface area contributed by atoms with Crippen LogP contribution in [0.3, 0.4) is 0 Å². The molecule has 2 N–H and O–H groups in total. The molecule has 1 heterocycles. The molecule has 4 nitrogen and oxygen atoms in total. The van der Waals surface area contributed by atoms with Crippen LogP contribution in [0.5, 0.6) is 11.5 Å². The van der Waals surface area contributed by atoms with Crippen LogP contribution in [0.4, 0.5) is 0 Å². The maximum atomic E-state index is 12.1. The number of benzene rings is 2. The minimum absolute atomic E-state index is 0.0530. The van der Waals surface area contributed by atoms with E-state index in [1.165, 1.54) is 6.07 Å². The predicted molar refractivity (Wildman–Crippen MR) is 76.0 cm³/mol. The van der Waals surface area contributed by atoms with Gasteiger partial charge in [-0.3, -0.25) is 0 Å². The number of rotatable bonds is 1. The summed E-state index contributed by atoms with van der Waals surface area (Å²) in [6.45, 7) is 1.77. The standard InChI is InChI=1S/C16H12O4/c1-9-7-11(17)14-12(8-9)20-16(19)13(15(14)18)10-5-3-2-4-6-10/h2-8,17-18H,1H3. The highest BCUT2D eigenvalue weighted by Crippen LogP contribution is 2.38. The molecule has 0 aliphatic carbocycles. The zero-order valence-electron chi connectivity index (χ0n) is 10.8. The van der Waals surface area contributed by atoms with Crippen LogP contribution in [-0.2, 0) is 0 Å². The van der Waals surface area contributed by atoms with Gasteiger partial charge in [0.25, 0.3) is 0 Å². The van der Waals surface area contributed by atoms with Crippen molar-refractivity contribution in [3.8, 4) is 22.6 Å². The largest absolute Gasteiger partial charge is 0.507 e. The second-order valence-corrected chi connectivity index (χ2v) is 4.64. The van der Waals surface area contributed by atoms with Crippen molar-refractivity contribution in [2.45, 2.75) is 6.92 Å². The normalized spacial score (nSPS) is 10.8. The summed E-state index contributed by atoms with van der Waals surface area (Å²) in [7, 11) is 0. The molecule has 3 aromatic rings. The van der Waals surface area contributed by atoms with Gasteiger partial charge in [0.05, 0.1) is 0 Å². The lowest BCUT2D eigenvalue weighted by molar-refractivity contribution is 0.454. The first-order valence-electron chi connectivity index (χ1n) is 6.12. The quantitative estimate of drug-likeness (QED) is 0.665. The van der Waals surface area contributed by atoms with E-state index in [0.29, 0.717) is 5.56 Å². The molecule has 20 heavy (non-hydrogen) atoms. The fraction of sp³-hybridized carbons (Fsp3) is 0.0625. The third kappa shape index (κ3) is 1.82. The first-order valence-corrected chi connectivity index (χ1v) is 6.12. The Kier molecular flexibility index (Phi) is 2.71. The summed E-state index contributed by atoms with van der Waals surface area (Å²) in [5.74, 6) is -0.376. The summed E-state index contributed by atoms with van der Waals surface area (Å²) in [4.78, 5) is 12.1. The zero-order valence-corrected chi connectivity index (χ0v) is 10.8. The van der Waals surface area contributed by atoms with Gasteiger partial charge in [-0.15, -0.1) is 0 Å². The summed E-state index contributed by atoms with van der Waals surface area (Å²) >= 11 is 0. The zero-order chi connectivity index (χ0) is 14.3. The maximum Gasteiger partial charge on any atom is 0.347 e. The number of aromatic hydroxyl groups is 2. The van der Waals surface area contributed by atoms with Gasteiger partial charge in [0.1, 0.15) is 28.0 Å². The highest BCUT2D eigenvalue weighted by Gasteiger charge is 2.18. The molecule has 0 aliphatic heterocycles. The Morgan fingerprint density at radius 3 is 2.45 bits per heavy atom. The summed E-state index contributed by atoms with van der Waals surface area (Å²) in [6.07, 6.45) is 0. The van der Waals surface area contributed by atoms with Crippen molar-refractivity contribution in [3.05, 3.63) is 58.4 Å². The average Bonchev–Trinajstić information content (AvgIpc) is 2.38. The van der Waals surface area contributed by atoms with E-state index in [9.17, 15) is 15.0 Å². The van der Waals surface area contributed by atoms with E-state index < -0.39 is 5.63 Å². The summed E-state index contributed by atoms with van der Waals surface area (Å²) in [5.41, 5.74) is 0.874. The molecule has 0 radical (unpaired) electrons. The van der Waals surface area contributed by atoms with Crippen molar-refractivity contribution in [2.24, 2.45) is 0 Å². The number of phenols is 1. The molecule has 0 saturated heterocycles. The Morgan fingerprint density at radius 2 is 1.75 bits per heavy atom. The topological polar surface area (TPSA) is 70.7 Å². The number of fused-ring (bicyclic) bond motifs is 1. The van der Waals surface area contributed by atoms with Crippen molar-refractivity contribution in [1.29, 1.82) is 0 Å². The smallest absolute Gasteiger partial charge is 0.347 e. The van der Waals surface area contributed by atoms with Crippen LogP contribution in [0.25, 0.3) is 22.1 Å². The van der Waals surface area contributed by atoms with Gasteiger partial charge < -0.3 is 14.6 Å². The van der Waals surface area contributed by atoms with Crippen LogP contribution >= 0.6 is 0 Å². The van der Waals surface area contributed by atoms with Gasteiger partial charge in [0, 0.05) is 0 Å². The van der Waals surface area contributed by atoms with Crippen LogP contribution in [0.1, 0.15) is 5.56 Å². The van der Waals surface area contributed by atoms with Gasteiger partial charge in [-0.2, -0.15) is 0 Å². The SMILES string of the molecule is Cc1cc(O)c2c(O)c(-c3ccccc3)c(=O)oc2c1. The molecule has 0 aliphatic rings. The molecular formula is C16H12O4. The number of hydrogen-bond donors (Lipinski definition) is 2. The molecule has 0 spiro atoms. The summed E-state index contributed by atoms with van der Waals surface area (Å²) in [6, 6.07) is 11.8. The number of hydrogen-bond acceptors (Lipinski definition) is 4. The van der Waals surface area contributed by atoms with E-state index in [1.54, 1.807) is 37.3 Å². The fourth-order valence-electron chi connectivity index (χ4n) is 2.29. The maximum absolute atomic E-state index is 12.1. The van der Waals surface area contributed by atoms with E-state index >= 15 is 0 Å². The Balaban J connectivity index is 2.44. The van der Waals surface area contributed by atoms with Crippen molar-refractivity contribution in [2.75, 3.05) is 0 Å². The minimum atomic E-state index is -0.633. The molecule has 3 rings (SSSR count). The third-order valence-corrected chi connectivity index (χ3v) is 3.17. The molecule has 100 valence electrons. The molecule has 1 aromatic heterocycles. The van der Waals surface area contributed by atoms with Crippen LogP contribution in [0.15, 0.2) is 51.7 Å². The first kappa shape index (κ1) is 12.3. The van der Waals surface area contributed by atoms with Crippen molar-refractivity contribution >= 4 is 11.0 Å². The van der Waals surface area contributed by atoms with Gasteiger partial charge in [0.2, 0.25) is 0 Å². The van der Waals surface area contributed by atoms with E-state index in [2.05, 4.69) is 0 Å². The molecule has 0 amide bonds. The third-order valence-electron chi connectivity index (χ3n) is 3.17. The summed E-state index contributed by atoms with van der Waals surface area (Å²) < 4.78 is 5.21. The molecule has 0 bridgehead atoms. The van der Waals surface area contributed by atoms with Crippen LogP contribution in [0, 0.1) is 6.92 Å². The van der Waals surface area contributed by atoms with E-state index in [1.807, 2.05) is 6.07 Å². The molecule has 0 saturated carbocycles. The van der Waals surface area contributed by atoms with E-state index in [0.717, 1.165) is 5.56 Å². The van der Waals surface area contributed by atoms with Crippen molar-refractivity contribution < 1.29 is 14.6 Å². The highest BCUT2D eigenvalue weighted by atomic mass is 16.4. The molecular weight excluding hydrogens is 256 g/mol. The van der Waals surface area contributed by atoms with E-state index in [4.69, 9.17) is 4.42 Å². The van der Waals surface area contributed by atoms with Crippen LogP contribution in [-0.4, -0.2) is 10.2 Å². The van der Waals surface area contributed by atoms with Gasteiger partial charge in [-0.05, 0) is 30.2 Å². The second-order valence-electron chi connectivity index (χ2n) is 4.64. The monoisotopic (exact) mass is 268 g/mol. The number of phenolic OH excluding ortho intramolecular Hbond substituents is 1. The average molecular weight is 268 g/mol. The van der Waals surface area contributed by atoms with Gasteiger partial charge in [-0.1, -0.05) is 30.3 Å². The van der Waals surface area contributed by atoms with Crippen molar-refractivity contribution in [3.63, 3.8) is 0 Å². The van der Waals surface area contributed by atoms with E-state index in [-0.39, 0.29) is 28.0 Å². The Bertz CT molecular complexity index is 848. The Hall–Kier alpha value is -2.75. The Morgan fingerprint density at radius 1 is 1.05 bits per heavy atom. The van der Waals surface area contributed by atoms with Gasteiger partial charge >= 0.3 is 5.63 Å². The van der Waals surface area contributed by atoms with Crippen LogP contribution < -0.4 is 5.63 Å². The molecule has 4 heteroatoms. The Labute approximate surface area is 114 Å². The van der Waals surface area contributed by atoms with Gasteiger partial charge in [-0.25, -0.2) is 4.79 Å². The first-order chi connectivity index (χ1) is 9.58. The fourth-order valence-corrected chi connectivity index (χ4v) is 2.29. The van der Waals surface area contributed by atoms with Crippen LogP contribution in [0.2, 0.25) is 0 Å². The van der Waals surface area contributed by atoms with Gasteiger partial charge in [0.15, 0.2) is 0 Å². The lowest BCUT2D eigenvalue weighted by Gasteiger charge is -2.08. The molecule has 0 unspecified atom stereocenters. The van der Waals surface area contributed by atoms with Crippen molar-refractivity contribution in [1.82, 2.24) is 0 Å². The highest BCUT2D eigenvalue weighted by molar-refractivity contribution is 5.94. The second kappa shape index (κ2) is 4.42.